The van der Waals surface area contributed by atoms with Crippen LogP contribution in [0, 0.1) is 0 Å². The zero-order valence-electron chi connectivity index (χ0n) is 10.0. The average molecular weight is 365 g/mol. The largest absolute Gasteiger partial charge is 0.394 e. The molecule has 1 saturated heterocycles. The van der Waals surface area contributed by atoms with Gasteiger partial charge in [0.25, 0.3) is 0 Å². The van der Waals surface area contributed by atoms with Crippen molar-refractivity contribution in [2.45, 2.75) is 24.5 Å². The van der Waals surface area contributed by atoms with E-state index in [9.17, 15) is 10.2 Å². The molecule has 0 spiro atoms. The Labute approximate surface area is 126 Å². The van der Waals surface area contributed by atoms with E-state index in [2.05, 4.69) is 25.9 Å². The maximum Gasteiger partial charge on any atom is 0.164 e. The average Bonchev–Trinajstić information content (AvgIpc) is 2.90. The molecular formula is C11H11BrClN3O4. The van der Waals surface area contributed by atoms with E-state index >= 15 is 0 Å². The van der Waals surface area contributed by atoms with Crippen molar-refractivity contribution in [3.8, 4) is 0 Å². The van der Waals surface area contributed by atoms with E-state index in [4.69, 9.17) is 21.4 Å². The van der Waals surface area contributed by atoms with Crippen LogP contribution in [0.2, 0.25) is 5.15 Å². The molecule has 1 aliphatic rings. The second-order valence-electron chi connectivity index (χ2n) is 4.48. The molecule has 2 aromatic heterocycles. The molecule has 3 rings (SSSR count). The lowest BCUT2D eigenvalue weighted by molar-refractivity contribution is -0.0509. The van der Waals surface area contributed by atoms with Crippen LogP contribution < -0.4 is 0 Å². The van der Waals surface area contributed by atoms with Crippen molar-refractivity contribution in [2.75, 3.05) is 6.61 Å². The van der Waals surface area contributed by atoms with Gasteiger partial charge in [-0.3, -0.25) is 0 Å². The summed E-state index contributed by atoms with van der Waals surface area (Å²) in [5, 5.41) is 29.8. The van der Waals surface area contributed by atoms with Crippen LogP contribution in [-0.2, 0) is 4.74 Å². The molecule has 9 heteroatoms. The summed E-state index contributed by atoms with van der Waals surface area (Å²) < 4.78 is 7.67. The number of hydrogen-bond acceptors (Lipinski definition) is 6. The zero-order chi connectivity index (χ0) is 14.4. The predicted octanol–water partition coefficient (Wildman–Crippen LogP) is 0.459. The summed E-state index contributed by atoms with van der Waals surface area (Å²) >= 11 is 9.36. The highest BCUT2D eigenvalue weighted by molar-refractivity contribution is 9.10. The molecule has 7 nitrogen and oxygen atoms in total. The Hall–Kier alpha value is -0.770. The number of halogens is 2. The van der Waals surface area contributed by atoms with Gasteiger partial charge in [-0.05, 0) is 15.9 Å². The van der Waals surface area contributed by atoms with E-state index in [-0.39, 0.29) is 11.8 Å². The normalized spacial score (nSPS) is 30.2. The van der Waals surface area contributed by atoms with Crippen LogP contribution in [0.1, 0.15) is 6.23 Å². The van der Waals surface area contributed by atoms with Crippen LogP contribution in [0.3, 0.4) is 0 Å². The third kappa shape index (κ3) is 2.03. The molecule has 0 amide bonds. The minimum Gasteiger partial charge on any atom is -0.394 e. The molecular weight excluding hydrogens is 353 g/mol. The Morgan fingerprint density at radius 2 is 2.10 bits per heavy atom. The summed E-state index contributed by atoms with van der Waals surface area (Å²) in [6.45, 7) is -0.384. The van der Waals surface area contributed by atoms with E-state index in [1.165, 1.54) is 6.33 Å². The van der Waals surface area contributed by atoms with Crippen molar-refractivity contribution in [2.24, 2.45) is 0 Å². The topological polar surface area (TPSA) is 101 Å². The Bertz CT molecular complexity index is 652. The van der Waals surface area contributed by atoms with Gasteiger partial charge in [0.15, 0.2) is 6.23 Å². The van der Waals surface area contributed by atoms with Gasteiger partial charge < -0.3 is 24.6 Å². The lowest BCUT2D eigenvalue weighted by Crippen LogP contribution is -2.33. The molecule has 0 bridgehead atoms. The van der Waals surface area contributed by atoms with Gasteiger partial charge >= 0.3 is 0 Å². The highest BCUT2D eigenvalue weighted by Gasteiger charge is 2.44. The van der Waals surface area contributed by atoms with E-state index in [0.29, 0.717) is 15.5 Å². The molecule has 3 N–H and O–H groups in total. The fourth-order valence-corrected chi connectivity index (χ4v) is 3.24. The fraction of sp³-hybridized carbons (Fsp3) is 0.455. The quantitative estimate of drug-likeness (QED) is 0.669. The van der Waals surface area contributed by atoms with Crippen LogP contribution in [0.5, 0.6) is 0 Å². The number of rotatable bonds is 2. The molecule has 20 heavy (non-hydrogen) atoms. The lowest BCUT2D eigenvalue weighted by Gasteiger charge is -2.17. The van der Waals surface area contributed by atoms with Crippen molar-refractivity contribution in [3.63, 3.8) is 0 Å². The predicted molar refractivity (Wildman–Crippen MR) is 73.2 cm³/mol. The van der Waals surface area contributed by atoms with Crippen molar-refractivity contribution < 1.29 is 20.1 Å². The highest BCUT2D eigenvalue weighted by atomic mass is 79.9. The molecule has 0 unspecified atom stereocenters. The number of fused-ring (bicyclic) bond motifs is 1. The van der Waals surface area contributed by atoms with Crippen LogP contribution in [-0.4, -0.2) is 54.8 Å². The van der Waals surface area contributed by atoms with Gasteiger partial charge in [0, 0.05) is 10.7 Å². The van der Waals surface area contributed by atoms with Crippen molar-refractivity contribution in [3.05, 3.63) is 22.1 Å². The number of hydrogen-bond donors (Lipinski definition) is 3. The molecule has 2 aromatic rings. The number of nitrogens with zero attached hydrogens (tertiary/aromatic N) is 3. The monoisotopic (exact) mass is 363 g/mol. The van der Waals surface area contributed by atoms with Crippen molar-refractivity contribution >= 4 is 38.6 Å². The zero-order valence-corrected chi connectivity index (χ0v) is 12.4. The van der Waals surface area contributed by atoms with Crippen molar-refractivity contribution in [1.29, 1.82) is 0 Å². The van der Waals surface area contributed by atoms with Gasteiger partial charge in [-0.25, -0.2) is 9.97 Å². The Balaban J connectivity index is 2.10. The van der Waals surface area contributed by atoms with Crippen molar-refractivity contribution in [1.82, 2.24) is 14.5 Å². The fourth-order valence-electron chi connectivity index (χ4n) is 2.31. The standard InChI is InChI=1S/C11H11BrClN3O4/c12-4-1-16(10-6(4)9(13)14-3-15-10)11-8(19)7(18)5(2-17)20-11/h1,3,5,7-8,11,17-19H,2H2/t5-,7+,8-,11+/m0/s1. The van der Waals surface area contributed by atoms with Gasteiger partial charge in [-0.1, -0.05) is 11.6 Å². The minimum atomic E-state index is -1.18. The summed E-state index contributed by atoms with van der Waals surface area (Å²) in [6, 6.07) is 0. The van der Waals surface area contributed by atoms with Crippen LogP contribution in [0.25, 0.3) is 11.0 Å². The molecule has 3 heterocycles. The Morgan fingerprint density at radius 1 is 1.35 bits per heavy atom. The molecule has 0 aliphatic carbocycles. The Morgan fingerprint density at radius 3 is 2.75 bits per heavy atom. The van der Waals surface area contributed by atoms with Crippen LogP contribution in [0.4, 0.5) is 0 Å². The SMILES string of the molecule is OC[C@@H]1O[C@@H](n2cc(Br)c3c(Cl)ncnc32)[C@@H](O)[C@@H]1O. The molecule has 0 radical (unpaired) electrons. The number of aliphatic hydroxyl groups is 3. The maximum atomic E-state index is 10.1. The molecule has 1 aliphatic heterocycles. The lowest BCUT2D eigenvalue weighted by atomic mass is 10.1. The smallest absolute Gasteiger partial charge is 0.164 e. The summed E-state index contributed by atoms with van der Waals surface area (Å²) in [5.41, 5.74) is 0.465. The van der Waals surface area contributed by atoms with Gasteiger partial charge in [0.05, 0.1) is 12.0 Å². The third-order valence-electron chi connectivity index (χ3n) is 3.31. The van der Waals surface area contributed by atoms with Gasteiger partial charge in [-0.2, -0.15) is 0 Å². The van der Waals surface area contributed by atoms with E-state index in [1.54, 1.807) is 10.8 Å². The first-order valence-corrected chi connectivity index (χ1v) is 7.00. The first-order chi connectivity index (χ1) is 9.54. The molecule has 1 fully saturated rings. The van der Waals surface area contributed by atoms with E-state index in [1.807, 2.05) is 0 Å². The summed E-state index contributed by atoms with van der Waals surface area (Å²) in [4.78, 5) is 8.01. The van der Waals surface area contributed by atoms with E-state index < -0.39 is 24.5 Å². The minimum absolute atomic E-state index is 0.271. The first-order valence-electron chi connectivity index (χ1n) is 5.83. The molecule has 0 saturated carbocycles. The summed E-state index contributed by atoms with van der Waals surface area (Å²) in [6.07, 6.45) is -1.10. The van der Waals surface area contributed by atoms with E-state index in [0.717, 1.165) is 0 Å². The second kappa shape index (κ2) is 5.21. The second-order valence-corrected chi connectivity index (χ2v) is 5.69. The molecule has 0 aromatic carbocycles. The van der Waals surface area contributed by atoms with Gasteiger partial charge in [-0.15, -0.1) is 0 Å². The van der Waals surface area contributed by atoms with Crippen LogP contribution in [0.15, 0.2) is 17.0 Å². The number of aliphatic hydroxyl groups excluding tert-OH is 3. The summed E-state index contributed by atoms with van der Waals surface area (Å²) in [5.74, 6) is 0. The highest BCUT2D eigenvalue weighted by Crippen LogP contribution is 2.36. The first kappa shape index (κ1) is 14.2. The maximum absolute atomic E-state index is 10.1. The number of aromatic nitrogens is 3. The van der Waals surface area contributed by atoms with Gasteiger partial charge in [0.1, 0.15) is 35.4 Å². The molecule has 108 valence electrons. The van der Waals surface area contributed by atoms with Gasteiger partial charge in [0.2, 0.25) is 0 Å². The number of ether oxygens (including phenoxy) is 1. The third-order valence-corrected chi connectivity index (χ3v) is 4.20. The molecule has 4 atom stereocenters. The Kier molecular flexibility index (Phi) is 3.69. The van der Waals surface area contributed by atoms with Crippen LogP contribution >= 0.6 is 27.5 Å². The summed E-state index contributed by atoms with van der Waals surface area (Å²) in [7, 11) is 0.